The van der Waals surface area contributed by atoms with Crippen LogP contribution < -0.4 is 5.32 Å². The molecule has 1 fully saturated rings. The van der Waals surface area contributed by atoms with Crippen LogP contribution in [0.3, 0.4) is 0 Å². The minimum Gasteiger partial charge on any atom is -0.319 e. The van der Waals surface area contributed by atoms with E-state index in [-0.39, 0.29) is 12.5 Å². The number of amides is 3. The van der Waals surface area contributed by atoms with Gasteiger partial charge in [0.15, 0.2) is 0 Å². The minimum atomic E-state index is -1.19. The maximum absolute atomic E-state index is 13.1. The van der Waals surface area contributed by atoms with Crippen molar-refractivity contribution in [3.63, 3.8) is 0 Å². The van der Waals surface area contributed by atoms with Gasteiger partial charge >= 0.3 is 6.03 Å². The number of carbonyl (C=O) groups is 2. The van der Waals surface area contributed by atoms with Crippen LogP contribution in [0.25, 0.3) is 10.9 Å². The number of carbonyl (C=O) groups excluding carboxylic acids is 2. The number of nitriles is 1. The molecule has 7 heteroatoms. The number of benzene rings is 2. The Balaban J connectivity index is 1.69. The number of halogens is 1. The molecule has 0 radical (unpaired) electrons. The summed E-state index contributed by atoms with van der Waals surface area (Å²) >= 11 is 6.23. The second-order valence-electron chi connectivity index (χ2n) is 6.74. The molecule has 3 aromatic rings. The van der Waals surface area contributed by atoms with Gasteiger partial charge in [0.05, 0.1) is 23.7 Å². The third-order valence-electron chi connectivity index (χ3n) is 4.99. The molecule has 6 nitrogen and oxygen atoms in total. The second-order valence-corrected chi connectivity index (χ2v) is 7.15. The molecule has 28 heavy (non-hydrogen) atoms. The van der Waals surface area contributed by atoms with E-state index >= 15 is 0 Å². The molecule has 1 N–H and O–H groups in total. The zero-order valence-electron chi connectivity index (χ0n) is 14.9. The third-order valence-corrected chi connectivity index (χ3v) is 5.32. The van der Waals surface area contributed by atoms with Crippen LogP contribution >= 0.6 is 11.6 Å². The van der Waals surface area contributed by atoms with Crippen LogP contribution in [-0.2, 0) is 16.9 Å². The first-order valence-corrected chi connectivity index (χ1v) is 8.98. The molecule has 0 bridgehead atoms. The molecular formula is C21H15ClN4O2. The quantitative estimate of drug-likeness (QED) is 0.690. The van der Waals surface area contributed by atoms with E-state index in [2.05, 4.69) is 10.3 Å². The zero-order valence-corrected chi connectivity index (χ0v) is 15.7. The Bertz CT molecular complexity index is 1150. The number of fused-ring (bicyclic) bond motifs is 1. The molecule has 1 unspecified atom stereocenters. The Morgan fingerprint density at radius 3 is 2.64 bits per heavy atom. The van der Waals surface area contributed by atoms with E-state index in [1.165, 1.54) is 4.90 Å². The Labute approximate surface area is 166 Å². The lowest BCUT2D eigenvalue weighted by Crippen LogP contribution is -2.40. The molecule has 1 aliphatic heterocycles. The van der Waals surface area contributed by atoms with Gasteiger partial charge in [-0.05, 0) is 48.4 Å². The molecule has 138 valence electrons. The van der Waals surface area contributed by atoms with Crippen molar-refractivity contribution < 1.29 is 9.59 Å². The zero-order chi connectivity index (χ0) is 19.9. The summed E-state index contributed by atoms with van der Waals surface area (Å²) in [5.74, 6) is -0.360. The van der Waals surface area contributed by atoms with E-state index in [1.54, 1.807) is 55.6 Å². The van der Waals surface area contributed by atoms with Crippen LogP contribution in [0.2, 0.25) is 5.02 Å². The van der Waals surface area contributed by atoms with Crippen molar-refractivity contribution in [3.05, 3.63) is 76.4 Å². The first kappa shape index (κ1) is 18.0. The standard InChI is InChI=1S/C21H15ClN4O2/c1-21(15-7-4-13(11-23)5-8-15)19(27)26(20(28)25-21)12-14-6-9-17(22)16-3-2-10-24-18(14)16/h2-10H,12H2,1H3,(H,25,28). The highest BCUT2D eigenvalue weighted by Crippen LogP contribution is 2.32. The van der Waals surface area contributed by atoms with Gasteiger partial charge in [0.2, 0.25) is 0 Å². The number of urea groups is 1. The molecule has 4 rings (SSSR count). The van der Waals surface area contributed by atoms with E-state index in [9.17, 15) is 9.59 Å². The number of rotatable bonds is 3. The van der Waals surface area contributed by atoms with Gasteiger partial charge in [-0.3, -0.25) is 14.7 Å². The van der Waals surface area contributed by atoms with Crippen molar-refractivity contribution in [1.29, 1.82) is 5.26 Å². The van der Waals surface area contributed by atoms with E-state index in [1.807, 2.05) is 12.1 Å². The molecule has 3 amide bonds. The number of nitrogens with zero attached hydrogens (tertiary/aromatic N) is 3. The molecule has 0 spiro atoms. The fraction of sp³-hybridized carbons (Fsp3) is 0.143. The summed E-state index contributed by atoms with van der Waals surface area (Å²) in [4.78, 5) is 31.3. The van der Waals surface area contributed by atoms with E-state index in [4.69, 9.17) is 16.9 Å². The molecule has 1 aliphatic rings. The van der Waals surface area contributed by atoms with E-state index in [0.717, 1.165) is 10.9 Å². The van der Waals surface area contributed by atoms with Crippen molar-refractivity contribution in [2.24, 2.45) is 0 Å². The van der Waals surface area contributed by atoms with Crippen molar-refractivity contribution >= 4 is 34.4 Å². The van der Waals surface area contributed by atoms with Crippen LogP contribution in [-0.4, -0.2) is 21.8 Å². The smallest absolute Gasteiger partial charge is 0.319 e. The summed E-state index contributed by atoms with van der Waals surface area (Å²) in [6.07, 6.45) is 1.65. The van der Waals surface area contributed by atoms with Crippen molar-refractivity contribution in [2.45, 2.75) is 19.0 Å². The van der Waals surface area contributed by atoms with Crippen molar-refractivity contribution in [2.75, 3.05) is 0 Å². The maximum atomic E-state index is 13.1. The molecule has 0 saturated carbocycles. The van der Waals surface area contributed by atoms with Gasteiger partial charge in [0, 0.05) is 16.6 Å². The molecule has 0 aliphatic carbocycles. The van der Waals surface area contributed by atoms with Crippen LogP contribution in [0.1, 0.15) is 23.6 Å². The highest BCUT2D eigenvalue weighted by atomic mass is 35.5. The third kappa shape index (κ3) is 2.77. The van der Waals surface area contributed by atoms with Crippen LogP contribution in [0, 0.1) is 11.3 Å². The average molecular weight is 391 g/mol. The molecule has 1 saturated heterocycles. The van der Waals surface area contributed by atoms with Crippen molar-refractivity contribution in [3.8, 4) is 6.07 Å². The Morgan fingerprint density at radius 1 is 1.18 bits per heavy atom. The Morgan fingerprint density at radius 2 is 1.93 bits per heavy atom. The molecule has 2 heterocycles. The topological polar surface area (TPSA) is 86.1 Å². The lowest BCUT2D eigenvalue weighted by Gasteiger charge is -2.22. The average Bonchev–Trinajstić information content (AvgIpc) is 2.94. The summed E-state index contributed by atoms with van der Waals surface area (Å²) in [5, 5.41) is 13.1. The molecule has 2 aromatic carbocycles. The minimum absolute atomic E-state index is 0.0845. The number of pyridine rings is 1. The van der Waals surface area contributed by atoms with E-state index < -0.39 is 11.6 Å². The number of hydrogen-bond acceptors (Lipinski definition) is 4. The summed E-state index contributed by atoms with van der Waals surface area (Å²) < 4.78 is 0. The predicted molar refractivity (Wildman–Crippen MR) is 104 cm³/mol. The normalized spacial score (nSPS) is 19.0. The van der Waals surface area contributed by atoms with Gasteiger partial charge < -0.3 is 5.32 Å². The largest absolute Gasteiger partial charge is 0.325 e. The fourth-order valence-electron chi connectivity index (χ4n) is 3.41. The highest BCUT2D eigenvalue weighted by Gasteiger charge is 2.49. The fourth-order valence-corrected chi connectivity index (χ4v) is 3.62. The van der Waals surface area contributed by atoms with Crippen LogP contribution in [0.15, 0.2) is 54.7 Å². The van der Waals surface area contributed by atoms with E-state index in [0.29, 0.717) is 21.7 Å². The SMILES string of the molecule is CC1(c2ccc(C#N)cc2)NC(=O)N(Cc2ccc(Cl)c3cccnc23)C1=O. The van der Waals surface area contributed by atoms with Gasteiger partial charge in [0.1, 0.15) is 5.54 Å². The van der Waals surface area contributed by atoms with Gasteiger partial charge in [0.25, 0.3) is 5.91 Å². The first-order valence-electron chi connectivity index (χ1n) is 8.61. The lowest BCUT2D eigenvalue weighted by molar-refractivity contribution is -0.131. The monoisotopic (exact) mass is 390 g/mol. The number of hydrogen-bond donors (Lipinski definition) is 1. The van der Waals surface area contributed by atoms with Crippen molar-refractivity contribution in [1.82, 2.24) is 15.2 Å². The van der Waals surface area contributed by atoms with Crippen LogP contribution in [0.4, 0.5) is 4.79 Å². The summed E-state index contributed by atoms with van der Waals surface area (Å²) in [7, 11) is 0. The first-order chi connectivity index (χ1) is 13.4. The molecule has 1 atom stereocenters. The van der Waals surface area contributed by atoms with Gasteiger partial charge in [-0.25, -0.2) is 4.79 Å². The molecular weight excluding hydrogens is 376 g/mol. The van der Waals surface area contributed by atoms with Gasteiger partial charge in [-0.15, -0.1) is 0 Å². The Kier molecular flexibility index (Phi) is 4.25. The van der Waals surface area contributed by atoms with Gasteiger partial charge in [-0.1, -0.05) is 29.8 Å². The Hall–Kier alpha value is -3.43. The molecule has 1 aromatic heterocycles. The lowest BCUT2D eigenvalue weighted by atomic mass is 9.91. The number of imide groups is 1. The second kappa shape index (κ2) is 6.63. The summed E-state index contributed by atoms with van der Waals surface area (Å²) in [6, 6.07) is 15.3. The number of aromatic nitrogens is 1. The van der Waals surface area contributed by atoms with Crippen LogP contribution in [0.5, 0.6) is 0 Å². The maximum Gasteiger partial charge on any atom is 0.325 e. The van der Waals surface area contributed by atoms with Gasteiger partial charge in [-0.2, -0.15) is 5.26 Å². The summed E-state index contributed by atoms with van der Waals surface area (Å²) in [5.41, 5.74) is 1.29. The highest BCUT2D eigenvalue weighted by molar-refractivity contribution is 6.35. The number of nitrogens with one attached hydrogen (secondary N) is 1. The predicted octanol–water partition coefficient (Wildman–Crippen LogP) is 3.73. The summed E-state index contributed by atoms with van der Waals surface area (Å²) in [6.45, 7) is 1.74.